The third-order valence-electron chi connectivity index (χ3n) is 2.78. The number of hydrogen-bond donors (Lipinski definition) is 0. The van der Waals surface area contributed by atoms with Crippen LogP contribution in [0.1, 0.15) is 13.3 Å². The first kappa shape index (κ1) is 10.4. The Morgan fingerprint density at radius 3 is 2.58 bits per heavy atom. The van der Waals surface area contributed by atoms with Crippen molar-refractivity contribution in [3.63, 3.8) is 0 Å². The van der Waals surface area contributed by atoms with Crippen LogP contribution in [0.15, 0.2) is 0 Å². The maximum absolute atomic E-state index is 2.56. The van der Waals surface area contributed by atoms with Crippen LogP contribution in [0.2, 0.25) is 0 Å². The fourth-order valence-corrected chi connectivity index (χ4v) is 2.16. The molecule has 1 aliphatic heterocycles. The van der Waals surface area contributed by atoms with Gasteiger partial charge in [-0.2, -0.15) is 0 Å². The molecule has 0 bridgehead atoms. The minimum atomic E-state index is 0.690. The fraction of sp³-hybridized carbons (Fsp3) is 1.00. The second-order valence-electron chi connectivity index (χ2n) is 3.74. The first-order valence-electron chi connectivity index (χ1n) is 4.58. The van der Waals surface area contributed by atoms with Crippen molar-refractivity contribution >= 4 is 11.8 Å². The number of hydrogen-bond acceptors (Lipinski definition) is 3. The summed E-state index contributed by atoms with van der Waals surface area (Å²) >= 11 is 1.94. The van der Waals surface area contributed by atoms with Gasteiger partial charge in [-0.05, 0) is 33.7 Å². The summed E-state index contributed by atoms with van der Waals surface area (Å²) in [7, 11) is 4.36. The van der Waals surface area contributed by atoms with Gasteiger partial charge in [0.05, 0.1) is 5.37 Å². The van der Waals surface area contributed by atoms with Crippen LogP contribution in [0.25, 0.3) is 0 Å². The van der Waals surface area contributed by atoms with Crippen molar-refractivity contribution in [2.45, 2.75) is 24.8 Å². The van der Waals surface area contributed by atoms with E-state index in [4.69, 9.17) is 0 Å². The molecule has 2 atom stereocenters. The summed E-state index contributed by atoms with van der Waals surface area (Å²) < 4.78 is 0. The minimum absolute atomic E-state index is 0.690. The predicted octanol–water partition coefficient (Wildman–Crippen LogP) is 1.33. The molecule has 0 aromatic carbocycles. The minimum Gasteiger partial charge on any atom is -0.305 e. The van der Waals surface area contributed by atoms with E-state index in [9.17, 15) is 0 Å². The van der Waals surface area contributed by atoms with E-state index in [1.807, 2.05) is 11.8 Å². The molecule has 0 aromatic heterocycles. The Labute approximate surface area is 80.3 Å². The molecule has 0 aliphatic carbocycles. The van der Waals surface area contributed by atoms with Gasteiger partial charge in [-0.3, -0.25) is 4.90 Å². The highest BCUT2D eigenvalue weighted by atomic mass is 32.2. The summed E-state index contributed by atoms with van der Waals surface area (Å²) in [4.78, 5) is 4.91. The van der Waals surface area contributed by atoms with Crippen molar-refractivity contribution in [1.82, 2.24) is 9.80 Å². The Balaban J connectivity index is 2.35. The maximum atomic E-state index is 2.56. The van der Waals surface area contributed by atoms with Crippen LogP contribution in [0.4, 0.5) is 0 Å². The van der Waals surface area contributed by atoms with Gasteiger partial charge in [-0.25, -0.2) is 0 Å². The molecule has 0 amide bonds. The average molecular weight is 188 g/mol. The van der Waals surface area contributed by atoms with Crippen LogP contribution in [0.3, 0.4) is 0 Å². The zero-order valence-electron chi connectivity index (χ0n) is 8.58. The van der Waals surface area contributed by atoms with Crippen molar-refractivity contribution in [1.29, 1.82) is 0 Å². The van der Waals surface area contributed by atoms with E-state index < -0.39 is 0 Å². The summed E-state index contributed by atoms with van der Waals surface area (Å²) in [6.07, 6.45) is 3.52. The molecule has 2 nitrogen and oxygen atoms in total. The lowest BCUT2D eigenvalue weighted by atomic mass is 10.2. The molecule has 72 valence electrons. The van der Waals surface area contributed by atoms with E-state index in [0.717, 1.165) is 6.04 Å². The van der Waals surface area contributed by atoms with Crippen LogP contribution >= 0.6 is 11.8 Å². The first-order valence-corrected chi connectivity index (χ1v) is 5.87. The highest BCUT2D eigenvalue weighted by molar-refractivity contribution is 7.99. The molecule has 12 heavy (non-hydrogen) atoms. The molecule has 1 rings (SSSR count). The molecule has 3 heteroatoms. The number of likely N-dealkylation sites (tertiary alicyclic amines) is 1. The third kappa shape index (κ3) is 2.38. The molecule has 0 N–H and O–H groups in total. The highest BCUT2D eigenvalue weighted by Crippen LogP contribution is 2.20. The van der Waals surface area contributed by atoms with Gasteiger partial charge in [0.25, 0.3) is 0 Å². The Bertz CT molecular complexity index is 138. The fourth-order valence-electron chi connectivity index (χ4n) is 1.67. The van der Waals surface area contributed by atoms with Gasteiger partial charge in [-0.1, -0.05) is 0 Å². The van der Waals surface area contributed by atoms with E-state index in [0.29, 0.717) is 5.37 Å². The highest BCUT2D eigenvalue weighted by Gasteiger charge is 2.26. The lowest BCUT2D eigenvalue weighted by molar-refractivity contribution is 0.265. The Hall–Kier alpha value is 0.270. The topological polar surface area (TPSA) is 6.48 Å². The summed E-state index contributed by atoms with van der Waals surface area (Å²) in [5, 5.41) is 0.690. The zero-order valence-corrected chi connectivity index (χ0v) is 9.40. The smallest absolute Gasteiger partial charge is 0.0526 e. The number of rotatable bonds is 3. The van der Waals surface area contributed by atoms with E-state index >= 15 is 0 Å². The lowest BCUT2D eigenvalue weighted by Gasteiger charge is -2.24. The zero-order chi connectivity index (χ0) is 9.14. The average Bonchev–Trinajstić information content (AvgIpc) is 2.51. The summed E-state index contributed by atoms with van der Waals surface area (Å²) in [5.74, 6) is 0. The van der Waals surface area contributed by atoms with Crippen LogP contribution in [0.5, 0.6) is 0 Å². The van der Waals surface area contributed by atoms with E-state index in [1.54, 1.807) is 0 Å². The van der Waals surface area contributed by atoms with E-state index in [1.165, 1.54) is 19.5 Å². The van der Waals surface area contributed by atoms with Crippen LogP contribution < -0.4 is 0 Å². The molecule has 1 unspecified atom stereocenters. The van der Waals surface area contributed by atoms with Crippen molar-refractivity contribution in [3.8, 4) is 0 Å². The Kier molecular flexibility index (Phi) is 3.87. The number of nitrogens with zero attached hydrogens (tertiary/aromatic N) is 2. The molecule has 0 aromatic rings. The summed E-state index contributed by atoms with van der Waals surface area (Å²) in [6.45, 7) is 4.81. The molecule has 1 heterocycles. The molecule has 0 radical (unpaired) electrons. The Morgan fingerprint density at radius 2 is 2.17 bits per heavy atom. The van der Waals surface area contributed by atoms with E-state index in [2.05, 4.69) is 37.1 Å². The summed E-state index contributed by atoms with van der Waals surface area (Å²) in [5.41, 5.74) is 0. The van der Waals surface area contributed by atoms with Gasteiger partial charge in [0.15, 0.2) is 0 Å². The summed E-state index contributed by atoms with van der Waals surface area (Å²) in [6, 6.07) is 0.777. The standard InChI is InChI=1S/C9H20N2S/c1-8(12-4)11-6-5-9(7-11)10(2)3/h8-9H,5-7H2,1-4H3/t8?,9-/m1/s1. The molecule has 1 fully saturated rings. The van der Waals surface area contributed by atoms with Crippen molar-refractivity contribution in [2.75, 3.05) is 33.4 Å². The van der Waals surface area contributed by atoms with Gasteiger partial charge in [0, 0.05) is 19.1 Å². The third-order valence-corrected chi connectivity index (χ3v) is 3.76. The predicted molar refractivity (Wildman–Crippen MR) is 56.6 cm³/mol. The monoisotopic (exact) mass is 188 g/mol. The van der Waals surface area contributed by atoms with Gasteiger partial charge >= 0.3 is 0 Å². The van der Waals surface area contributed by atoms with Gasteiger partial charge in [-0.15, -0.1) is 11.8 Å². The maximum Gasteiger partial charge on any atom is 0.0526 e. The molecular formula is C9H20N2S. The molecule has 0 spiro atoms. The lowest BCUT2D eigenvalue weighted by Crippen LogP contribution is -2.34. The number of thioether (sulfide) groups is 1. The van der Waals surface area contributed by atoms with Crippen molar-refractivity contribution in [2.24, 2.45) is 0 Å². The largest absolute Gasteiger partial charge is 0.305 e. The second kappa shape index (κ2) is 4.49. The van der Waals surface area contributed by atoms with E-state index in [-0.39, 0.29) is 0 Å². The van der Waals surface area contributed by atoms with Crippen LogP contribution in [-0.2, 0) is 0 Å². The first-order chi connectivity index (χ1) is 5.65. The van der Waals surface area contributed by atoms with Crippen LogP contribution in [-0.4, -0.2) is 54.7 Å². The van der Waals surface area contributed by atoms with Gasteiger partial charge in [0.2, 0.25) is 0 Å². The van der Waals surface area contributed by atoms with Gasteiger partial charge < -0.3 is 4.90 Å². The second-order valence-corrected chi connectivity index (χ2v) is 4.89. The molecular weight excluding hydrogens is 168 g/mol. The number of likely N-dealkylation sites (N-methyl/N-ethyl adjacent to an activating group) is 1. The normalized spacial score (nSPS) is 28.2. The van der Waals surface area contributed by atoms with Crippen molar-refractivity contribution < 1.29 is 0 Å². The molecule has 1 aliphatic rings. The molecule has 0 saturated carbocycles. The van der Waals surface area contributed by atoms with Gasteiger partial charge in [0.1, 0.15) is 0 Å². The Morgan fingerprint density at radius 1 is 1.50 bits per heavy atom. The quantitative estimate of drug-likeness (QED) is 0.660. The van der Waals surface area contributed by atoms with Crippen molar-refractivity contribution in [3.05, 3.63) is 0 Å². The molecule has 1 saturated heterocycles. The SMILES string of the molecule is CSC(C)N1CC[C@@H](N(C)C)C1. The van der Waals surface area contributed by atoms with Crippen LogP contribution in [0, 0.1) is 0 Å².